The second-order valence-electron chi connectivity index (χ2n) is 5.25. The molecule has 0 saturated heterocycles. The lowest BCUT2D eigenvalue weighted by Crippen LogP contribution is -1.90. The summed E-state index contributed by atoms with van der Waals surface area (Å²) in [5, 5.41) is 0. The minimum absolute atomic E-state index is 0.102. The molecule has 1 saturated carbocycles. The summed E-state index contributed by atoms with van der Waals surface area (Å²) >= 11 is 0. The zero-order valence-corrected chi connectivity index (χ0v) is 10.8. The van der Waals surface area contributed by atoms with E-state index in [1.54, 1.807) is 6.26 Å². The van der Waals surface area contributed by atoms with Crippen LogP contribution in [0, 0.1) is 12.3 Å². The maximum atomic E-state index is 10.8. The molecule has 17 heavy (non-hydrogen) atoms. The van der Waals surface area contributed by atoms with Crippen LogP contribution in [0.1, 0.15) is 37.8 Å². The predicted molar refractivity (Wildman–Crippen MR) is 67.6 cm³/mol. The Morgan fingerprint density at radius 2 is 1.88 bits per heavy atom. The zero-order valence-electron chi connectivity index (χ0n) is 10.8. The van der Waals surface area contributed by atoms with E-state index in [1.807, 2.05) is 0 Å². The van der Waals surface area contributed by atoms with Crippen molar-refractivity contribution in [2.75, 3.05) is 0 Å². The SMILES string of the molecule is CC(=O)O/C=C1\C(c2ccc(C)cc2)C1(C)C. The van der Waals surface area contributed by atoms with Crippen molar-refractivity contribution < 1.29 is 9.53 Å². The lowest BCUT2D eigenvalue weighted by molar-refractivity contribution is -0.135. The fourth-order valence-electron chi connectivity index (χ4n) is 2.30. The number of carbonyl (C=O) groups is 1. The maximum absolute atomic E-state index is 10.8. The average molecular weight is 230 g/mol. The van der Waals surface area contributed by atoms with Crippen molar-refractivity contribution in [3.05, 3.63) is 47.2 Å². The number of hydrogen-bond acceptors (Lipinski definition) is 2. The lowest BCUT2D eigenvalue weighted by atomic mass is 10.0. The summed E-state index contributed by atoms with van der Waals surface area (Å²) in [6.45, 7) is 7.85. The molecule has 2 nitrogen and oxygen atoms in total. The molecule has 0 amide bonds. The van der Waals surface area contributed by atoms with Gasteiger partial charge >= 0.3 is 5.97 Å². The smallest absolute Gasteiger partial charge is 0.307 e. The van der Waals surface area contributed by atoms with Gasteiger partial charge in [-0.1, -0.05) is 43.7 Å². The Balaban J connectivity index is 2.21. The second kappa shape index (κ2) is 4.02. The summed E-state index contributed by atoms with van der Waals surface area (Å²) in [5.74, 6) is 0.116. The molecule has 0 bridgehead atoms. The van der Waals surface area contributed by atoms with E-state index >= 15 is 0 Å². The van der Waals surface area contributed by atoms with Gasteiger partial charge in [-0.05, 0) is 18.1 Å². The first-order chi connectivity index (χ1) is 7.93. The number of esters is 1. The molecule has 1 aliphatic carbocycles. The molecule has 1 aliphatic rings. The Morgan fingerprint density at radius 3 is 2.41 bits per heavy atom. The van der Waals surface area contributed by atoms with Gasteiger partial charge in [0.15, 0.2) is 0 Å². The minimum Gasteiger partial charge on any atom is -0.435 e. The minimum atomic E-state index is -0.261. The molecule has 1 unspecified atom stereocenters. The van der Waals surface area contributed by atoms with E-state index in [1.165, 1.54) is 23.6 Å². The quantitative estimate of drug-likeness (QED) is 0.573. The maximum Gasteiger partial charge on any atom is 0.307 e. The number of allylic oxidation sites excluding steroid dienone is 1. The Hall–Kier alpha value is -1.57. The lowest BCUT2D eigenvalue weighted by Gasteiger charge is -2.02. The highest BCUT2D eigenvalue weighted by atomic mass is 16.5. The first-order valence-corrected chi connectivity index (χ1v) is 5.87. The van der Waals surface area contributed by atoms with Gasteiger partial charge in [0.25, 0.3) is 0 Å². The van der Waals surface area contributed by atoms with E-state index in [9.17, 15) is 4.79 Å². The van der Waals surface area contributed by atoms with E-state index in [2.05, 4.69) is 45.0 Å². The molecule has 2 heteroatoms. The van der Waals surface area contributed by atoms with Gasteiger partial charge in [-0.15, -0.1) is 0 Å². The van der Waals surface area contributed by atoms with E-state index in [0.29, 0.717) is 5.92 Å². The number of aryl methyl sites for hydroxylation is 1. The second-order valence-corrected chi connectivity index (χ2v) is 5.25. The summed E-state index contributed by atoms with van der Waals surface area (Å²) in [6, 6.07) is 8.53. The summed E-state index contributed by atoms with van der Waals surface area (Å²) in [5.41, 5.74) is 3.85. The monoisotopic (exact) mass is 230 g/mol. The summed E-state index contributed by atoms with van der Waals surface area (Å²) in [6.07, 6.45) is 1.62. The van der Waals surface area contributed by atoms with Crippen LogP contribution >= 0.6 is 0 Å². The number of rotatable bonds is 2. The number of carbonyl (C=O) groups excluding carboxylic acids is 1. The van der Waals surface area contributed by atoms with Gasteiger partial charge in [0, 0.05) is 18.3 Å². The van der Waals surface area contributed by atoms with Crippen molar-refractivity contribution >= 4 is 5.97 Å². The van der Waals surface area contributed by atoms with Gasteiger partial charge in [-0.25, -0.2) is 0 Å². The normalized spacial score (nSPS) is 23.5. The van der Waals surface area contributed by atoms with Gasteiger partial charge in [0.2, 0.25) is 0 Å². The number of ether oxygens (including phenoxy) is 1. The van der Waals surface area contributed by atoms with Gasteiger partial charge in [-0.3, -0.25) is 4.79 Å². The number of benzene rings is 1. The van der Waals surface area contributed by atoms with Crippen LogP contribution in [0.15, 0.2) is 36.1 Å². The topological polar surface area (TPSA) is 26.3 Å². The summed E-state index contributed by atoms with van der Waals surface area (Å²) in [7, 11) is 0. The van der Waals surface area contributed by atoms with Crippen molar-refractivity contribution in [2.24, 2.45) is 5.41 Å². The Bertz CT molecular complexity index is 466. The highest BCUT2D eigenvalue weighted by Crippen LogP contribution is 2.63. The van der Waals surface area contributed by atoms with Gasteiger partial charge in [-0.2, -0.15) is 0 Å². The van der Waals surface area contributed by atoms with Crippen molar-refractivity contribution in [2.45, 2.75) is 33.6 Å². The summed E-state index contributed by atoms with van der Waals surface area (Å²) < 4.78 is 4.98. The first-order valence-electron chi connectivity index (χ1n) is 5.87. The molecule has 0 radical (unpaired) electrons. The highest BCUT2D eigenvalue weighted by molar-refractivity contribution is 5.67. The third-order valence-corrected chi connectivity index (χ3v) is 3.46. The van der Waals surface area contributed by atoms with Crippen LogP contribution in [-0.4, -0.2) is 5.97 Å². The van der Waals surface area contributed by atoms with Gasteiger partial charge in [0.1, 0.15) is 0 Å². The van der Waals surface area contributed by atoms with Crippen LogP contribution < -0.4 is 0 Å². The largest absolute Gasteiger partial charge is 0.435 e. The molecule has 0 heterocycles. The van der Waals surface area contributed by atoms with Gasteiger partial charge < -0.3 is 4.74 Å². The molecule has 1 atom stereocenters. The predicted octanol–water partition coefficient (Wildman–Crippen LogP) is 3.57. The standard InChI is InChI=1S/C15H18O2/c1-10-5-7-12(8-6-10)14-13(15(14,3)4)9-17-11(2)16/h5-9,14H,1-4H3/b13-9+. The molecule has 0 N–H and O–H groups in total. The van der Waals surface area contributed by atoms with Crippen molar-refractivity contribution in [3.63, 3.8) is 0 Å². The molecule has 1 aromatic carbocycles. The molecule has 1 fully saturated rings. The molecule has 90 valence electrons. The molecule has 0 spiro atoms. The van der Waals surface area contributed by atoms with Gasteiger partial charge in [0.05, 0.1) is 6.26 Å². The van der Waals surface area contributed by atoms with E-state index in [4.69, 9.17) is 4.74 Å². The first kappa shape index (κ1) is 11.9. The van der Waals surface area contributed by atoms with Crippen molar-refractivity contribution in [1.82, 2.24) is 0 Å². The van der Waals surface area contributed by atoms with Crippen LogP contribution in [0.2, 0.25) is 0 Å². The van der Waals surface area contributed by atoms with Crippen molar-refractivity contribution in [3.8, 4) is 0 Å². The van der Waals surface area contributed by atoms with E-state index < -0.39 is 0 Å². The zero-order chi connectivity index (χ0) is 12.6. The van der Waals surface area contributed by atoms with Crippen molar-refractivity contribution in [1.29, 1.82) is 0 Å². The molecule has 1 aromatic rings. The molecular weight excluding hydrogens is 212 g/mol. The average Bonchev–Trinajstić information content (AvgIpc) is 2.79. The highest BCUT2D eigenvalue weighted by Gasteiger charge is 2.53. The van der Waals surface area contributed by atoms with E-state index in [-0.39, 0.29) is 11.4 Å². The van der Waals surface area contributed by atoms with E-state index in [0.717, 1.165) is 0 Å². The number of hydrogen-bond donors (Lipinski definition) is 0. The van der Waals surface area contributed by atoms with Crippen LogP contribution in [-0.2, 0) is 9.53 Å². The Kier molecular flexibility index (Phi) is 2.82. The van der Waals surface area contributed by atoms with Crippen LogP contribution in [0.5, 0.6) is 0 Å². The van der Waals surface area contributed by atoms with Crippen LogP contribution in [0.3, 0.4) is 0 Å². The Morgan fingerprint density at radius 1 is 1.29 bits per heavy atom. The fraction of sp³-hybridized carbons (Fsp3) is 0.400. The van der Waals surface area contributed by atoms with Crippen LogP contribution in [0.25, 0.3) is 0 Å². The molecular formula is C15H18O2. The third kappa shape index (κ3) is 2.26. The fourth-order valence-corrected chi connectivity index (χ4v) is 2.30. The third-order valence-electron chi connectivity index (χ3n) is 3.46. The molecule has 2 rings (SSSR count). The molecule has 0 aromatic heterocycles. The Labute approximate surface area is 102 Å². The van der Waals surface area contributed by atoms with Crippen LogP contribution in [0.4, 0.5) is 0 Å². The molecule has 0 aliphatic heterocycles. The summed E-state index contributed by atoms with van der Waals surface area (Å²) in [4.78, 5) is 10.8.